The lowest BCUT2D eigenvalue weighted by Gasteiger charge is -2.46. The SMILES string of the molecule is COc1ccc(-c2ccc3c(c2)[C@]2(C(=O)N3)[C@H](C(=O)Nc3ccc(N4CCOCC4)cc3)[C@H]3C(=O)O[C@H](c4ccccc4)[C@H](c4ccccc4)N3[C@@H]2c2cccc(OCCO)c2)cc1. The molecule has 0 bridgehead atoms. The number of carbonyl (C=O) groups excluding carboxylic acids is 3. The fraction of sp³-hybridized carbons (Fsp3) is 0.250. The third-order valence-electron chi connectivity index (χ3n) is 13.1. The first-order valence-corrected chi connectivity index (χ1v) is 21.6. The quantitative estimate of drug-likeness (QED) is 0.113. The standard InChI is InChI=1S/C52H48N4O8/c1-61-40-22-15-33(16-23-40)36-17-24-43-42(32-36)52(51(60)54-43)44(49(58)53-38-18-20-39(21-19-38)55-25-28-62-29-26-55)46-50(59)64-47(35-11-6-3-7-12-35)45(34-9-4-2-5-10-34)56(46)48(52)37-13-8-14-41(31-37)63-30-27-57/h2-24,31-32,44-48,57H,25-30H2,1H3,(H,53,58)(H,54,60)/t44-,45-,46-,47+,48+,52-/m0/s1. The second kappa shape index (κ2) is 17.3. The van der Waals surface area contributed by atoms with Gasteiger partial charge in [0.25, 0.3) is 0 Å². The Morgan fingerprint density at radius 2 is 1.45 bits per heavy atom. The Morgan fingerprint density at radius 1 is 0.766 bits per heavy atom. The Morgan fingerprint density at radius 3 is 2.16 bits per heavy atom. The van der Waals surface area contributed by atoms with Crippen LogP contribution in [0.4, 0.5) is 17.1 Å². The topological polar surface area (TPSA) is 139 Å². The molecule has 3 N–H and O–H groups in total. The van der Waals surface area contributed by atoms with Gasteiger partial charge in [0, 0.05) is 30.2 Å². The number of hydrogen-bond acceptors (Lipinski definition) is 10. The van der Waals surface area contributed by atoms with Crippen LogP contribution in [-0.4, -0.2) is 80.5 Å². The van der Waals surface area contributed by atoms with E-state index in [-0.39, 0.29) is 13.2 Å². The van der Waals surface area contributed by atoms with Crippen molar-refractivity contribution in [1.29, 1.82) is 0 Å². The number of morpholine rings is 2. The van der Waals surface area contributed by atoms with E-state index >= 15 is 14.4 Å². The molecular formula is C52H48N4O8. The van der Waals surface area contributed by atoms with Crippen LogP contribution in [0, 0.1) is 5.92 Å². The molecule has 6 atom stereocenters. The molecule has 324 valence electrons. The third kappa shape index (κ3) is 7.13. The number of amides is 2. The molecule has 10 rings (SSSR count). The number of esters is 1. The molecule has 0 aliphatic carbocycles. The molecule has 12 nitrogen and oxygen atoms in total. The molecule has 3 saturated heterocycles. The summed E-state index contributed by atoms with van der Waals surface area (Å²) < 4.78 is 23.6. The van der Waals surface area contributed by atoms with E-state index in [2.05, 4.69) is 20.4 Å². The summed E-state index contributed by atoms with van der Waals surface area (Å²) in [6, 6.07) is 45.0. The van der Waals surface area contributed by atoms with E-state index in [1.165, 1.54) is 0 Å². The Labute approximate surface area is 371 Å². The third-order valence-corrected chi connectivity index (χ3v) is 13.1. The largest absolute Gasteiger partial charge is 0.497 e. The average Bonchev–Trinajstić information content (AvgIpc) is 3.83. The minimum atomic E-state index is -1.71. The van der Waals surface area contributed by atoms with Gasteiger partial charge in [0.05, 0.1) is 44.9 Å². The van der Waals surface area contributed by atoms with Crippen LogP contribution < -0.4 is 25.0 Å². The van der Waals surface area contributed by atoms with E-state index in [0.29, 0.717) is 47.2 Å². The molecule has 4 aliphatic heterocycles. The van der Waals surface area contributed by atoms with E-state index in [0.717, 1.165) is 41.0 Å². The summed E-state index contributed by atoms with van der Waals surface area (Å²) in [6.45, 7) is 2.61. The highest BCUT2D eigenvalue weighted by atomic mass is 16.6. The van der Waals surface area contributed by atoms with Gasteiger partial charge in [-0.3, -0.25) is 19.3 Å². The zero-order valence-electron chi connectivity index (χ0n) is 35.3. The van der Waals surface area contributed by atoms with Crippen molar-refractivity contribution in [2.75, 3.05) is 62.2 Å². The number of aliphatic hydroxyl groups excluding tert-OH is 1. The van der Waals surface area contributed by atoms with Crippen molar-refractivity contribution in [2.24, 2.45) is 5.92 Å². The Hall–Kier alpha value is -6.99. The number of ether oxygens (including phenoxy) is 4. The van der Waals surface area contributed by atoms with Gasteiger partial charge in [0.2, 0.25) is 11.8 Å². The number of aliphatic hydroxyl groups is 1. The first-order valence-electron chi connectivity index (χ1n) is 21.6. The first-order chi connectivity index (χ1) is 31.4. The molecule has 12 heteroatoms. The minimum Gasteiger partial charge on any atom is -0.497 e. The van der Waals surface area contributed by atoms with Gasteiger partial charge in [-0.1, -0.05) is 91.0 Å². The lowest BCUT2D eigenvalue weighted by atomic mass is 9.65. The summed E-state index contributed by atoms with van der Waals surface area (Å²) in [4.78, 5) is 50.9. The zero-order chi connectivity index (χ0) is 43.8. The van der Waals surface area contributed by atoms with Crippen LogP contribution in [0.2, 0.25) is 0 Å². The first kappa shape index (κ1) is 41.0. The van der Waals surface area contributed by atoms with Gasteiger partial charge in [-0.15, -0.1) is 0 Å². The summed E-state index contributed by atoms with van der Waals surface area (Å²) in [7, 11) is 1.62. The maximum atomic E-state index is 15.7. The van der Waals surface area contributed by atoms with Crippen LogP contribution in [0.3, 0.4) is 0 Å². The van der Waals surface area contributed by atoms with Gasteiger partial charge in [0.15, 0.2) is 0 Å². The predicted molar refractivity (Wildman–Crippen MR) is 242 cm³/mol. The molecule has 0 aromatic heterocycles. The van der Waals surface area contributed by atoms with Crippen molar-refractivity contribution in [2.45, 2.75) is 29.6 Å². The molecule has 0 unspecified atom stereocenters. The molecule has 0 saturated carbocycles. The van der Waals surface area contributed by atoms with Gasteiger partial charge in [-0.2, -0.15) is 0 Å². The average molecular weight is 857 g/mol. The highest BCUT2D eigenvalue weighted by Gasteiger charge is 2.74. The molecule has 1 spiro atoms. The van der Waals surface area contributed by atoms with E-state index in [9.17, 15) is 5.11 Å². The molecule has 64 heavy (non-hydrogen) atoms. The number of benzene rings is 6. The Balaban J connectivity index is 1.21. The van der Waals surface area contributed by atoms with Crippen LogP contribution in [-0.2, 0) is 29.3 Å². The van der Waals surface area contributed by atoms with Gasteiger partial charge in [0.1, 0.15) is 35.7 Å². The van der Waals surface area contributed by atoms with Gasteiger partial charge >= 0.3 is 5.97 Å². The highest BCUT2D eigenvalue weighted by molar-refractivity contribution is 6.14. The molecule has 4 heterocycles. The van der Waals surface area contributed by atoms with E-state index in [1.807, 2.05) is 146 Å². The van der Waals surface area contributed by atoms with Crippen molar-refractivity contribution >= 4 is 34.8 Å². The fourth-order valence-corrected chi connectivity index (χ4v) is 10.3. The summed E-state index contributed by atoms with van der Waals surface area (Å²) in [5, 5.41) is 16.1. The second-order valence-electron chi connectivity index (χ2n) is 16.5. The number of hydrogen-bond donors (Lipinski definition) is 3. The van der Waals surface area contributed by atoms with Crippen molar-refractivity contribution in [3.63, 3.8) is 0 Å². The molecular weight excluding hydrogens is 809 g/mol. The number of rotatable bonds is 11. The zero-order valence-corrected chi connectivity index (χ0v) is 35.3. The van der Waals surface area contributed by atoms with Gasteiger partial charge in [-0.05, 0) is 94.0 Å². The number of carbonyl (C=O) groups is 3. The maximum Gasteiger partial charge on any atom is 0.324 e. The van der Waals surface area contributed by atoms with Crippen LogP contribution in [0.25, 0.3) is 11.1 Å². The summed E-state index contributed by atoms with van der Waals surface area (Å²) in [5.41, 5.74) is 4.84. The van der Waals surface area contributed by atoms with Crippen LogP contribution in [0.15, 0.2) is 152 Å². The van der Waals surface area contributed by atoms with Crippen molar-refractivity contribution in [1.82, 2.24) is 4.90 Å². The fourth-order valence-electron chi connectivity index (χ4n) is 10.3. The Kier molecular flexibility index (Phi) is 11.1. The molecule has 2 amide bonds. The van der Waals surface area contributed by atoms with E-state index in [1.54, 1.807) is 13.2 Å². The molecule has 6 aromatic carbocycles. The molecule has 4 aliphatic rings. The number of cyclic esters (lactones) is 1. The summed E-state index contributed by atoms with van der Waals surface area (Å²) in [5.74, 6) is -1.71. The molecule has 6 aromatic rings. The maximum absolute atomic E-state index is 15.7. The monoisotopic (exact) mass is 856 g/mol. The second-order valence-corrected chi connectivity index (χ2v) is 16.5. The Bertz CT molecular complexity index is 2660. The van der Waals surface area contributed by atoms with Gasteiger partial charge in [-0.25, -0.2) is 0 Å². The summed E-state index contributed by atoms with van der Waals surface area (Å²) in [6.07, 6.45) is -0.815. The van der Waals surface area contributed by atoms with Crippen LogP contribution >= 0.6 is 0 Å². The number of fused-ring (bicyclic) bond motifs is 3. The van der Waals surface area contributed by atoms with Gasteiger partial charge < -0.3 is 39.6 Å². The minimum absolute atomic E-state index is 0.0462. The molecule has 3 fully saturated rings. The normalized spacial score (nSPS) is 23.8. The van der Waals surface area contributed by atoms with Crippen LogP contribution in [0.1, 0.15) is 40.4 Å². The van der Waals surface area contributed by atoms with Crippen molar-refractivity contribution < 1.29 is 38.4 Å². The lowest BCUT2D eigenvalue weighted by Crippen LogP contribution is -2.53. The number of anilines is 3. The highest BCUT2D eigenvalue weighted by Crippen LogP contribution is 2.65. The number of nitrogens with one attached hydrogen (secondary N) is 2. The van der Waals surface area contributed by atoms with Crippen molar-refractivity contribution in [3.8, 4) is 22.6 Å². The predicted octanol–water partition coefficient (Wildman–Crippen LogP) is 7.48. The van der Waals surface area contributed by atoms with Crippen molar-refractivity contribution in [3.05, 3.63) is 174 Å². The summed E-state index contributed by atoms with van der Waals surface area (Å²) >= 11 is 0. The molecule has 0 radical (unpaired) electrons. The lowest BCUT2D eigenvalue weighted by molar-refractivity contribution is -0.177. The number of nitrogens with zero attached hydrogens (tertiary/aromatic N) is 2. The number of methoxy groups -OCH3 is 1. The van der Waals surface area contributed by atoms with E-state index in [4.69, 9.17) is 18.9 Å². The van der Waals surface area contributed by atoms with Crippen LogP contribution in [0.5, 0.6) is 11.5 Å². The van der Waals surface area contributed by atoms with E-state index < -0.39 is 53.3 Å². The smallest absolute Gasteiger partial charge is 0.324 e.